The number of hydrogen-bond acceptors (Lipinski definition) is 4. The molecule has 2 fully saturated rings. The lowest BCUT2D eigenvalue weighted by atomic mass is 9.99. The summed E-state index contributed by atoms with van der Waals surface area (Å²) in [4.78, 5) is 20.8. The van der Waals surface area contributed by atoms with E-state index in [2.05, 4.69) is 9.88 Å². The molecule has 0 unspecified atom stereocenters. The summed E-state index contributed by atoms with van der Waals surface area (Å²) in [5.74, 6) is 1.32. The highest BCUT2D eigenvalue weighted by molar-refractivity contribution is 6.36. The first kappa shape index (κ1) is 16.8. The van der Waals surface area contributed by atoms with Crippen molar-refractivity contribution in [1.29, 1.82) is 0 Å². The molecule has 2 atom stereocenters. The lowest BCUT2D eigenvalue weighted by molar-refractivity contribution is -0.132. The fourth-order valence-electron chi connectivity index (χ4n) is 3.48. The molecule has 0 radical (unpaired) electrons. The van der Waals surface area contributed by atoms with E-state index in [0.29, 0.717) is 35.5 Å². The van der Waals surface area contributed by atoms with Crippen molar-refractivity contribution < 1.29 is 4.79 Å². The number of piperazine rings is 1. The van der Waals surface area contributed by atoms with Crippen molar-refractivity contribution in [3.63, 3.8) is 0 Å². The minimum Gasteiger partial charge on any atom is -0.352 e. The maximum atomic E-state index is 12.4. The molecule has 1 saturated heterocycles. The number of rotatable bonds is 3. The first-order valence-electron chi connectivity index (χ1n) is 8.14. The van der Waals surface area contributed by atoms with Gasteiger partial charge < -0.3 is 15.5 Å². The van der Waals surface area contributed by atoms with Gasteiger partial charge in [0.2, 0.25) is 5.91 Å². The second kappa shape index (κ2) is 7.24. The number of carbonyl (C=O) groups is 1. The molecule has 0 aromatic carbocycles. The molecule has 1 aromatic rings. The molecule has 1 aromatic heterocycles. The fourth-order valence-corrected chi connectivity index (χ4v) is 3.98. The SMILES string of the molecule is N[C@@H]1CCC[C@H]1CC(=O)N1CCN(c2ncc(Cl)cc2Cl)CC1. The number of pyridine rings is 1. The topological polar surface area (TPSA) is 62.5 Å². The van der Waals surface area contributed by atoms with Crippen LogP contribution in [0.1, 0.15) is 25.7 Å². The van der Waals surface area contributed by atoms with Gasteiger partial charge in [0, 0.05) is 44.8 Å². The van der Waals surface area contributed by atoms with Gasteiger partial charge in [-0.3, -0.25) is 4.79 Å². The van der Waals surface area contributed by atoms with E-state index in [-0.39, 0.29) is 11.9 Å². The van der Waals surface area contributed by atoms with Gasteiger partial charge in [-0.2, -0.15) is 0 Å². The number of nitrogens with two attached hydrogens (primary N) is 1. The van der Waals surface area contributed by atoms with Crippen LogP contribution in [0.3, 0.4) is 0 Å². The second-order valence-electron chi connectivity index (χ2n) is 6.39. The number of amides is 1. The maximum Gasteiger partial charge on any atom is 0.223 e. The van der Waals surface area contributed by atoms with Crippen LogP contribution >= 0.6 is 23.2 Å². The summed E-state index contributed by atoms with van der Waals surface area (Å²) in [6, 6.07) is 1.89. The molecule has 23 heavy (non-hydrogen) atoms. The molecule has 2 aliphatic rings. The van der Waals surface area contributed by atoms with Crippen molar-refractivity contribution >= 4 is 34.9 Å². The maximum absolute atomic E-state index is 12.4. The van der Waals surface area contributed by atoms with Gasteiger partial charge in [0.15, 0.2) is 0 Å². The Morgan fingerprint density at radius 2 is 2.00 bits per heavy atom. The molecule has 0 spiro atoms. The van der Waals surface area contributed by atoms with Crippen molar-refractivity contribution in [3.8, 4) is 0 Å². The number of halogens is 2. The van der Waals surface area contributed by atoms with E-state index >= 15 is 0 Å². The Hall–Kier alpha value is -1.04. The highest BCUT2D eigenvalue weighted by atomic mass is 35.5. The summed E-state index contributed by atoms with van der Waals surface area (Å²) in [6.45, 7) is 2.86. The molecule has 5 nitrogen and oxygen atoms in total. The first-order chi connectivity index (χ1) is 11.0. The van der Waals surface area contributed by atoms with E-state index in [4.69, 9.17) is 28.9 Å². The predicted molar refractivity (Wildman–Crippen MR) is 93.0 cm³/mol. The largest absolute Gasteiger partial charge is 0.352 e. The smallest absolute Gasteiger partial charge is 0.223 e. The van der Waals surface area contributed by atoms with Crippen LogP contribution in [0.2, 0.25) is 10.0 Å². The summed E-state index contributed by atoms with van der Waals surface area (Å²) in [6.07, 6.45) is 5.46. The molecule has 2 heterocycles. The quantitative estimate of drug-likeness (QED) is 0.903. The number of carbonyl (C=O) groups excluding carboxylic acids is 1. The Labute approximate surface area is 146 Å². The van der Waals surface area contributed by atoms with Crippen LogP contribution in [0.4, 0.5) is 5.82 Å². The zero-order chi connectivity index (χ0) is 16.4. The van der Waals surface area contributed by atoms with Crippen molar-refractivity contribution in [3.05, 3.63) is 22.3 Å². The van der Waals surface area contributed by atoms with Gasteiger partial charge >= 0.3 is 0 Å². The average Bonchev–Trinajstić information content (AvgIpc) is 2.93. The number of aromatic nitrogens is 1. The highest BCUT2D eigenvalue weighted by Crippen LogP contribution is 2.29. The first-order valence-corrected chi connectivity index (χ1v) is 8.89. The minimum absolute atomic E-state index is 0.192. The molecule has 7 heteroatoms. The van der Waals surface area contributed by atoms with Crippen LogP contribution in [-0.4, -0.2) is 48.0 Å². The van der Waals surface area contributed by atoms with Crippen LogP contribution in [0.15, 0.2) is 12.3 Å². The molecule has 2 N–H and O–H groups in total. The van der Waals surface area contributed by atoms with E-state index < -0.39 is 0 Å². The Morgan fingerprint density at radius 1 is 1.26 bits per heavy atom. The monoisotopic (exact) mass is 356 g/mol. The Balaban J connectivity index is 1.54. The zero-order valence-corrected chi connectivity index (χ0v) is 14.6. The predicted octanol–water partition coefficient (Wildman–Crippen LogP) is 2.55. The van der Waals surface area contributed by atoms with Crippen molar-refractivity contribution in [1.82, 2.24) is 9.88 Å². The molecule has 1 saturated carbocycles. The number of hydrogen-bond donors (Lipinski definition) is 1. The van der Waals surface area contributed by atoms with Gasteiger partial charge in [-0.05, 0) is 24.8 Å². The molecule has 1 aliphatic heterocycles. The lowest BCUT2D eigenvalue weighted by Crippen LogP contribution is -2.49. The average molecular weight is 357 g/mol. The van der Waals surface area contributed by atoms with Crippen LogP contribution in [0, 0.1) is 5.92 Å². The van der Waals surface area contributed by atoms with Gasteiger partial charge in [-0.1, -0.05) is 29.6 Å². The summed E-state index contributed by atoms with van der Waals surface area (Å²) in [5, 5.41) is 1.08. The Bertz CT molecular complexity index is 575. The molecule has 3 rings (SSSR count). The van der Waals surface area contributed by atoms with E-state index in [1.165, 1.54) is 0 Å². The highest BCUT2D eigenvalue weighted by Gasteiger charge is 2.29. The van der Waals surface area contributed by atoms with Crippen LogP contribution in [-0.2, 0) is 4.79 Å². The third-order valence-electron chi connectivity index (χ3n) is 4.87. The summed E-state index contributed by atoms with van der Waals surface area (Å²) >= 11 is 12.1. The molecule has 1 amide bonds. The van der Waals surface area contributed by atoms with E-state index in [0.717, 1.165) is 38.2 Å². The van der Waals surface area contributed by atoms with Crippen LogP contribution in [0.25, 0.3) is 0 Å². The van der Waals surface area contributed by atoms with E-state index in [9.17, 15) is 4.79 Å². The van der Waals surface area contributed by atoms with Gasteiger partial charge in [-0.15, -0.1) is 0 Å². The van der Waals surface area contributed by atoms with Crippen molar-refractivity contribution in [2.75, 3.05) is 31.1 Å². The normalized spacial score (nSPS) is 25.0. The summed E-state index contributed by atoms with van der Waals surface area (Å²) in [5.41, 5.74) is 6.07. The standard InChI is InChI=1S/C16H22Cl2N4O/c17-12-9-13(18)16(20-10-12)22-6-4-21(5-7-22)15(23)8-11-2-1-3-14(11)19/h9-11,14H,1-8,19H2/t11-,14+/m0/s1. The number of anilines is 1. The molecular formula is C16H22Cl2N4O. The minimum atomic E-state index is 0.192. The van der Waals surface area contributed by atoms with E-state index in [1.807, 2.05) is 4.90 Å². The van der Waals surface area contributed by atoms with Gasteiger partial charge in [-0.25, -0.2) is 4.98 Å². The molecule has 0 bridgehead atoms. The van der Waals surface area contributed by atoms with Gasteiger partial charge in [0.1, 0.15) is 5.82 Å². The third kappa shape index (κ3) is 3.90. The van der Waals surface area contributed by atoms with E-state index in [1.54, 1.807) is 12.3 Å². The molecular weight excluding hydrogens is 335 g/mol. The van der Waals surface area contributed by atoms with Crippen LogP contribution < -0.4 is 10.6 Å². The van der Waals surface area contributed by atoms with Gasteiger partial charge in [0.05, 0.1) is 10.0 Å². The number of nitrogens with zero attached hydrogens (tertiary/aromatic N) is 3. The van der Waals surface area contributed by atoms with Crippen molar-refractivity contribution in [2.45, 2.75) is 31.7 Å². The van der Waals surface area contributed by atoms with Gasteiger partial charge in [0.25, 0.3) is 0 Å². The lowest BCUT2D eigenvalue weighted by Gasteiger charge is -2.36. The Kier molecular flexibility index (Phi) is 5.29. The third-order valence-corrected chi connectivity index (χ3v) is 5.36. The van der Waals surface area contributed by atoms with Crippen LogP contribution in [0.5, 0.6) is 0 Å². The zero-order valence-electron chi connectivity index (χ0n) is 13.0. The molecule has 1 aliphatic carbocycles. The Morgan fingerprint density at radius 3 is 2.61 bits per heavy atom. The van der Waals surface area contributed by atoms with Crippen molar-refractivity contribution in [2.24, 2.45) is 11.7 Å². The summed E-state index contributed by atoms with van der Waals surface area (Å²) < 4.78 is 0. The fraction of sp³-hybridized carbons (Fsp3) is 0.625. The summed E-state index contributed by atoms with van der Waals surface area (Å²) in [7, 11) is 0. The second-order valence-corrected chi connectivity index (χ2v) is 7.23. The molecule has 126 valence electrons.